The number of hydrogen-bond acceptors (Lipinski definition) is 2. The maximum absolute atomic E-state index is 4.41. The molecule has 0 radical (unpaired) electrons. The predicted molar refractivity (Wildman–Crippen MR) is 71.8 cm³/mol. The molecule has 0 saturated heterocycles. The molecule has 0 aliphatic carbocycles. The summed E-state index contributed by atoms with van der Waals surface area (Å²) in [6, 6.07) is 8.50. The lowest BCUT2D eigenvalue weighted by molar-refractivity contribution is 0.867. The summed E-state index contributed by atoms with van der Waals surface area (Å²) in [5, 5.41) is 3.31. The quantitative estimate of drug-likeness (QED) is 0.871. The topological polar surface area (TPSA) is 29.9 Å². The Morgan fingerprint density at radius 2 is 1.82 bits per heavy atom. The number of aryl methyl sites for hydroxylation is 2. The summed E-state index contributed by atoms with van der Waals surface area (Å²) < 4.78 is 1.99. The number of nitrogens with zero attached hydrogens (tertiary/aromatic N) is 2. The van der Waals surface area contributed by atoms with Crippen molar-refractivity contribution in [2.75, 3.05) is 5.32 Å². The molecule has 2 rings (SSSR count). The Morgan fingerprint density at radius 3 is 2.29 bits per heavy atom. The highest BCUT2D eigenvalue weighted by atomic mass is 15.2. The van der Waals surface area contributed by atoms with Gasteiger partial charge < -0.3 is 9.88 Å². The Balaban J connectivity index is 2.16. The van der Waals surface area contributed by atoms with Gasteiger partial charge in [0.25, 0.3) is 0 Å². The molecule has 0 bridgehead atoms. The summed E-state index contributed by atoms with van der Waals surface area (Å²) >= 11 is 0. The lowest BCUT2D eigenvalue weighted by Crippen LogP contribution is -1.98. The van der Waals surface area contributed by atoms with Crippen LogP contribution in [0, 0.1) is 6.92 Å². The summed E-state index contributed by atoms with van der Waals surface area (Å²) in [6.07, 6.45) is 2.00. The molecule has 3 heteroatoms. The first kappa shape index (κ1) is 11.7. The molecule has 90 valence electrons. The molecule has 1 aromatic carbocycles. The molecule has 0 fully saturated rings. The Morgan fingerprint density at radius 1 is 1.18 bits per heavy atom. The van der Waals surface area contributed by atoms with Gasteiger partial charge in [-0.2, -0.15) is 0 Å². The fraction of sp³-hybridized carbons (Fsp3) is 0.357. The minimum atomic E-state index is 0.569. The van der Waals surface area contributed by atoms with E-state index in [1.165, 1.54) is 5.56 Å². The van der Waals surface area contributed by atoms with Gasteiger partial charge in [0, 0.05) is 18.9 Å². The van der Waals surface area contributed by atoms with Gasteiger partial charge >= 0.3 is 0 Å². The Bertz CT molecular complexity index is 495. The van der Waals surface area contributed by atoms with E-state index in [-0.39, 0.29) is 0 Å². The Kier molecular flexibility index (Phi) is 3.18. The van der Waals surface area contributed by atoms with E-state index in [0.717, 1.165) is 17.3 Å². The van der Waals surface area contributed by atoms with Gasteiger partial charge in [0.1, 0.15) is 0 Å². The maximum Gasteiger partial charge on any atom is 0.207 e. The number of anilines is 2. The highest BCUT2D eigenvalue weighted by molar-refractivity contribution is 5.54. The maximum atomic E-state index is 4.41. The molecule has 0 spiro atoms. The zero-order valence-corrected chi connectivity index (χ0v) is 10.9. The summed E-state index contributed by atoms with van der Waals surface area (Å²) in [6.45, 7) is 6.39. The van der Waals surface area contributed by atoms with E-state index >= 15 is 0 Å². The molecule has 1 aromatic heterocycles. The van der Waals surface area contributed by atoms with Crippen molar-refractivity contribution in [3.05, 3.63) is 41.7 Å². The van der Waals surface area contributed by atoms with E-state index < -0.39 is 0 Å². The largest absolute Gasteiger partial charge is 0.326 e. The average molecular weight is 229 g/mol. The van der Waals surface area contributed by atoms with Crippen molar-refractivity contribution in [2.45, 2.75) is 26.7 Å². The van der Waals surface area contributed by atoms with Crippen LogP contribution in [0.1, 0.15) is 31.0 Å². The summed E-state index contributed by atoms with van der Waals surface area (Å²) in [4.78, 5) is 4.41. The first-order chi connectivity index (χ1) is 8.06. The smallest absolute Gasteiger partial charge is 0.207 e. The Labute approximate surface area is 103 Å². The van der Waals surface area contributed by atoms with Crippen LogP contribution in [0.15, 0.2) is 30.5 Å². The number of benzene rings is 1. The zero-order valence-electron chi connectivity index (χ0n) is 10.9. The third kappa shape index (κ3) is 2.67. The molecule has 0 aliphatic heterocycles. The van der Waals surface area contributed by atoms with Gasteiger partial charge in [0.15, 0.2) is 0 Å². The second-order valence-electron chi connectivity index (χ2n) is 4.72. The second kappa shape index (κ2) is 4.62. The number of rotatable bonds is 3. The van der Waals surface area contributed by atoms with E-state index in [1.807, 2.05) is 24.7 Å². The number of nitrogens with one attached hydrogen (secondary N) is 1. The van der Waals surface area contributed by atoms with E-state index in [1.54, 1.807) is 0 Å². The fourth-order valence-corrected chi connectivity index (χ4v) is 1.81. The van der Waals surface area contributed by atoms with Crippen LogP contribution in [0.5, 0.6) is 0 Å². The fourth-order valence-electron chi connectivity index (χ4n) is 1.81. The highest BCUT2D eigenvalue weighted by Gasteiger charge is 2.03. The van der Waals surface area contributed by atoms with Gasteiger partial charge in [-0.25, -0.2) is 4.98 Å². The van der Waals surface area contributed by atoms with Crippen LogP contribution in [0.2, 0.25) is 0 Å². The average Bonchev–Trinajstić information content (AvgIpc) is 2.58. The van der Waals surface area contributed by atoms with Crippen LogP contribution < -0.4 is 5.32 Å². The van der Waals surface area contributed by atoms with Gasteiger partial charge in [-0.3, -0.25) is 0 Å². The number of aromatic nitrogens is 2. The first-order valence-electron chi connectivity index (χ1n) is 5.93. The van der Waals surface area contributed by atoms with E-state index in [4.69, 9.17) is 0 Å². The molecule has 0 unspecified atom stereocenters. The van der Waals surface area contributed by atoms with Crippen molar-refractivity contribution in [1.82, 2.24) is 9.55 Å². The van der Waals surface area contributed by atoms with Crippen molar-refractivity contribution in [3.63, 3.8) is 0 Å². The van der Waals surface area contributed by atoms with E-state index in [9.17, 15) is 0 Å². The van der Waals surface area contributed by atoms with Crippen LogP contribution in [0.3, 0.4) is 0 Å². The number of hydrogen-bond donors (Lipinski definition) is 1. The Hall–Kier alpha value is -1.77. The monoisotopic (exact) mass is 229 g/mol. The van der Waals surface area contributed by atoms with Crippen LogP contribution in [-0.2, 0) is 7.05 Å². The normalized spacial score (nSPS) is 10.9. The SMILES string of the molecule is Cc1cn(C)c(Nc2ccc(C(C)C)cc2)n1. The summed E-state index contributed by atoms with van der Waals surface area (Å²) in [7, 11) is 1.99. The standard InChI is InChI=1S/C14H19N3/c1-10(2)12-5-7-13(8-6-12)16-14-15-11(3)9-17(14)4/h5-10H,1-4H3,(H,15,16). The van der Waals surface area contributed by atoms with Crippen molar-refractivity contribution < 1.29 is 0 Å². The van der Waals surface area contributed by atoms with Gasteiger partial charge in [-0.05, 0) is 30.5 Å². The third-order valence-electron chi connectivity index (χ3n) is 2.83. The molecule has 0 saturated carbocycles. The lowest BCUT2D eigenvalue weighted by atomic mass is 10.0. The zero-order chi connectivity index (χ0) is 12.4. The molecule has 0 atom stereocenters. The van der Waals surface area contributed by atoms with E-state index in [2.05, 4.69) is 48.4 Å². The molecule has 3 nitrogen and oxygen atoms in total. The third-order valence-corrected chi connectivity index (χ3v) is 2.83. The summed E-state index contributed by atoms with van der Waals surface area (Å²) in [5.74, 6) is 1.44. The van der Waals surface area contributed by atoms with Crippen LogP contribution in [-0.4, -0.2) is 9.55 Å². The summed E-state index contributed by atoms with van der Waals surface area (Å²) in [5.41, 5.74) is 3.45. The number of imidazole rings is 1. The van der Waals surface area contributed by atoms with Gasteiger partial charge in [0.2, 0.25) is 5.95 Å². The minimum absolute atomic E-state index is 0.569. The van der Waals surface area contributed by atoms with Crippen molar-refractivity contribution in [1.29, 1.82) is 0 Å². The van der Waals surface area contributed by atoms with Crippen LogP contribution >= 0.6 is 0 Å². The van der Waals surface area contributed by atoms with Crippen molar-refractivity contribution >= 4 is 11.6 Å². The van der Waals surface area contributed by atoms with Gasteiger partial charge in [-0.1, -0.05) is 26.0 Å². The molecule has 1 N–H and O–H groups in total. The molecule has 2 aromatic rings. The molecule has 1 heterocycles. The first-order valence-corrected chi connectivity index (χ1v) is 5.93. The lowest BCUT2D eigenvalue weighted by Gasteiger charge is -2.08. The molecular formula is C14H19N3. The van der Waals surface area contributed by atoms with Gasteiger partial charge in [0.05, 0.1) is 5.69 Å². The van der Waals surface area contributed by atoms with Crippen LogP contribution in [0.25, 0.3) is 0 Å². The molecule has 0 aliphatic rings. The van der Waals surface area contributed by atoms with Crippen molar-refractivity contribution in [2.24, 2.45) is 7.05 Å². The predicted octanol–water partition coefficient (Wildman–Crippen LogP) is 3.60. The van der Waals surface area contributed by atoms with E-state index in [0.29, 0.717) is 5.92 Å². The van der Waals surface area contributed by atoms with Crippen molar-refractivity contribution in [3.8, 4) is 0 Å². The highest BCUT2D eigenvalue weighted by Crippen LogP contribution is 2.19. The minimum Gasteiger partial charge on any atom is -0.326 e. The van der Waals surface area contributed by atoms with Gasteiger partial charge in [-0.15, -0.1) is 0 Å². The second-order valence-corrected chi connectivity index (χ2v) is 4.72. The molecule has 17 heavy (non-hydrogen) atoms. The molecule has 0 amide bonds. The molecular weight excluding hydrogens is 210 g/mol. The van der Waals surface area contributed by atoms with Crippen LogP contribution in [0.4, 0.5) is 11.6 Å².